The Morgan fingerprint density at radius 1 is 1.38 bits per heavy atom. The van der Waals surface area contributed by atoms with Gasteiger partial charge in [-0.2, -0.15) is 0 Å². The molecule has 0 saturated heterocycles. The molecule has 21 heavy (non-hydrogen) atoms. The lowest BCUT2D eigenvalue weighted by Crippen LogP contribution is -2.28. The lowest BCUT2D eigenvalue weighted by molar-refractivity contribution is 0.0963. The van der Waals surface area contributed by atoms with Gasteiger partial charge < -0.3 is 15.1 Å². The first-order valence-electron chi connectivity index (χ1n) is 6.74. The van der Waals surface area contributed by atoms with Crippen LogP contribution in [-0.4, -0.2) is 43.5 Å². The van der Waals surface area contributed by atoms with Crippen molar-refractivity contribution in [3.63, 3.8) is 0 Å². The van der Waals surface area contributed by atoms with E-state index in [0.29, 0.717) is 17.9 Å². The SMILES string of the molecule is CNC(=O)c1cccnc1NCC(c1ccco1)N(C)C. The summed E-state index contributed by atoms with van der Waals surface area (Å²) in [5.74, 6) is 1.27. The molecule has 1 unspecified atom stereocenters. The summed E-state index contributed by atoms with van der Waals surface area (Å²) < 4.78 is 5.46. The molecular formula is C15H20N4O2. The number of rotatable bonds is 6. The maximum atomic E-state index is 11.8. The van der Waals surface area contributed by atoms with E-state index in [9.17, 15) is 4.79 Å². The average Bonchev–Trinajstić information content (AvgIpc) is 3.01. The largest absolute Gasteiger partial charge is 0.468 e. The topological polar surface area (TPSA) is 70.4 Å². The highest BCUT2D eigenvalue weighted by Gasteiger charge is 2.18. The van der Waals surface area contributed by atoms with E-state index in [4.69, 9.17) is 4.42 Å². The van der Waals surface area contributed by atoms with Crippen molar-refractivity contribution in [3.05, 3.63) is 48.0 Å². The Balaban J connectivity index is 2.13. The summed E-state index contributed by atoms with van der Waals surface area (Å²) in [7, 11) is 5.56. The van der Waals surface area contributed by atoms with Gasteiger partial charge in [0.25, 0.3) is 5.91 Å². The summed E-state index contributed by atoms with van der Waals surface area (Å²) in [6.07, 6.45) is 3.31. The minimum atomic E-state index is -0.162. The number of nitrogens with one attached hydrogen (secondary N) is 2. The molecule has 2 aromatic rings. The Morgan fingerprint density at radius 3 is 2.81 bits per heavy atom. The number of carbonyl (C=O) groups excluding carboxylic acids is 1. The number of carbonyl (C=O) groups is 1. The van der Waals surface area contributed by atoms with Gasteiger partial charge in [0.15, 0.2) is 0 Å². The highest BCUT2D eigenvalue weighted by Crippen LogP contribution is 2.20. The molecule has 0 spiro atoms. The van der Waals surface area contributed by atoms with Crippen molar-refractivity contribution in [2.45, 2.75) is 6.04 Å². The molecule has 0 aliphatic carbocycles. The first kappa shape index (κ1) is 15.1. The molecule has 0 aliphatic heterocycles. The highest BCUT2D eigenvalue weighted by molar-refractivity contribution is 5.98. The molecule has 1 atom stereocenters. The van der Waals surface area contributed by atoms with Crippen molar-refractivity contribution in [1.29, 1.82) is 0 Å². The lowest BCUT2D eigenvalue weighted by atomic mass is 10.2. The number of nitrogens with zero attached hydrogens (tertiary/aromatic N) is 2. The number of amides is 1. The summed E-state index contributed by atoms with van der Waals surface area (Å²) in [5.41, 5.74) is 0.525. The number of hydrogen-bond acceptors (Lipinski definition) is 5. The van der Waals surface area contributed by atoms with E-state index in [-0.39, 0.29) is 11.9 Å². The maximum absolute atomic E-state index is 11.8. The minimum Gasteiger partial charge on any atom is -0.468 e. The number of hydrogen-bond donors (Lipinski definition) is 2. The summed E-state index contributed by atoms with van der Waals surface area (Å²) in [6.45, 7) is 0.585. The summed E-state index contributed by atoms with van der Waals surface area (Å²) in [4.78, 5) is 18.1. The zero-order valence-corrected chi connectivity index (χ0v) is 12.5. The van der Waals surface area contributed by atoms with Gasteiger partial charge in [0, 0.05) is 19.8 Å². The predicted molar refractivity (Wildman–Crippen MR) is 81.3 cm³/mol. The zero-order valence-electron chi connectivity index (χ0n) is 12.5. The fourth-order valence-electron chi connectivity index (χ4n) is 2.08. The van der Waals surface area contributed by atoms with Crippen LogP contribution in [0.15, 0.2) is 41.1 Å². The second-order valence-electron chi connectivity index (χ2n) is 4.85. The molecule has 6 nitrogen and oxygen atoms in total. The molecule has 6 heteroatoms. The van der Waals surface area contributed by atoms with Crippen molar-refractivity contribution >= 4 is 11.7 Å². The number of furan rings is 1. The molecule has 0 radical (unpaired) electrons. The first-order valence-corrected chi connectivity index (χ1v) is 6.74. The third kappa shape index (κ3) is 3.61. The van der Waals surface area contributed by atoms with Crippen LogP contribution in [0.5, 0.6) is 0 Å². The molecule has 0 saturated carbocycles. The van der Waals surface area contributed by atoms with Crippen molar-refractivity contribution in [2.24, 2.45) is 0 Å². The molecule has 112 valence electrons. The molecule has 0 fully saturated rings. The van der Waals surface area contributed by atoms with Crippen molar-refractivity contribution in [3.8, 4) is 0 Å². The van der Waals surface area contributed by atoms with E-state index in [1.807, 2.05) is 31.1 Å². The van der Waals surface area contributed by atoms with Gasteiger partial charge in [-0.3, -0.25) is 9.69 Å². The van der Waals surface area contributed by atoms with Gasteiger partial charge in [-0.1, -0.05) is 0 Å². The molecule has 2 rings (SSSR count). The van der Waals surface area contributed by atoms with Gasteiger partial charge in [-0.05, 0) is 38.4 Å². The minimum absolute atomic E-state index is 0.0551. The van der Waals surface area contributed by atoms with E-state index in [2.05, 4.69) is 15.6 Å². The smallest absolute Gasteiger partial charge is 0.254 e. The summed E-state index contributed by atoms with van der Waals surface area (Å²) >= 11 is 0. The van der Waals surface area contributed by atoms with E-state index in [1.54, 1.807) is 31.6 Å². The normalized spacial score (nSPS) is 12.2. The predicted octanol–water partition coefficient (Wildman–Crippen LogP) is 1.75. The molecular weight excluding hydrogens is 268 g/mol. The van der Waals surface area contributed by atoms with Crippen LogP contribution >= 0.6 is 0 Å². The van der Waals surface area contributed by atoms with Gasteiger partial charge in [0.2, 0.25) is 0 Å². The molecule has 0 aromatic carbocycles. The second kappa shape index (κ2) is 6.90. The maximum Gasteiger partial charge on any atom is 0.254 e. The van der Waals surface area contributed by atoms with Crippen molar-refractivity contribution in [1.82, 2.24) is 15.2 Å². The third-order valence-electron chi connectivity index (χ3n) is 3.24. The summed E-state index contributed by atoms with van der Waals surface area (Å²) in [6, 6.07) is 7.34. The quantitative estimate of drug-likeness (QED) is 0.847. The van der Waals surface area contributed by atoms with Crippen LogP contribution in [0.3, 0.4) is 0 Å². The third-order valence-corrected chi connectivity index (χ3v) is 3.24. The average molecular weight is 288 g/mol. The van der Waals surface area contributed by atoms with Gasteiger partial charge >= 0.3 is 0 Å². The van der Waals surface area contributed by atoms with Gasteiger partial charge in [0.1, 0.15) is 11.6 Å². The Labute approximate surface area is 124 Å². The molecule has 2 N–H and O–H groups in total. The lowest BCUT2D eigenvalue weighted by Gasteiger charge is -2.23. The fraction of sp³-hybridized carbons (Fsp3) is 0.333. The number of pyridine rings is 1. The second-order valence-corrected chi connectivity index (χ2v) is 4.85. The van der Waals surface area contributed by atoms with Gasteiger partial charge in [0.05, 0.1) is 17.9 Å². The Hall–Kier alpha value is -2.34. The van der Waals surface area contributed by atoms with E-state index in [1.165, 1.54) is 0 Å². The van der Waals surface area contributed by atoms with E-state index in [0.717, 1.165) is 5.76 Å². The Morgan fingerprint density at radius 2 is 2.19 bits per heavy atom. The van der Waals surface area contributed by atoms with Crippen LogP contribution in [0.25, 0.3) is 0 Å². The number of anilines is 1. The standard InChI is InChI=1S/C15H20N4O2/c1-16-15(20)11-6-4-8-17-14(11)18-10-12(19(2)3)13-7-5-9-21-13/h4-9,12H,10H2,1-3H3,(H,16,20)(H,17,18). The van der Waals surface area contributed by atoms with E-state index < -0.39 is 0 Å². The van der Waals surface area contributed by atoms with E-state index >= 15 is 0 Å². The van der Waals surface area contributed by atoms with Crippen LogP contribution in [0.4, 0.5) is 5.82 Å². The van der Waals surface area contributed by atoms with Crippen LogP contribution in [-0.2, 0) is 0 Å². The summed E-state index contributed by atoms with van der Waals surface area (Å²) in [5, 5.41) is 5.84. The van der Waals surface area contributed by atoms with Crippen LogP contribution in [0.1, 0.15) is 22.2 Å². The van der Waals surface area contributed by atoms with Crippen LogP contribution < -0.4 is 10.6 Å². The van der Waals surface area contributed by atoms with Crippen molar-refractivity contribution < 1.29 is 9.21 Å². The molecule has 2 heterocycles. The molecule has 2 aromatic heterocycles. The molecule has 1 amide bonds. The Bertz CT molecular complexity index is 581. The van der Waals surface area contributed by atoms with Crippen LogP contribution in [0.2, 0.25) is 0 Å². The number of likely N-dealkylation sites (N-methyl/N-ethyl adjacent to an activating group) is 1. The highest BCUT2D eigenvalue weighted by atomic mass is 16.3. The zero-order chi connectivity index (χ0) is 15.2. The monoisotopic (exact) mass is 288 g/mol. The van der Waals surface area contributed by atoms with Crippen LogP contribution in [0, 0.1) is 0 Å². The Kier molecular flexibility index (Phi) is 4.94. The van der Waals surface area contributed by atoms with Gasteiger partial charge in [-0.15, -0.1) is 0 Å². The molecule has 0 aliphatic rings. The fourth-order valence-corrected chi connectivity index (χ4v) is 2.08. The molecule has 0 bridgehead atoms. The first-order chi connectivity index (χ1) is 10.1. The number of aromatic nitrogens is 1. The van der Waals surface area contributed by atoms with Gasteiger partial charge in [-0.25, -0.2) is 4.98 Å². The van der Waals surface area contributed by atoms with Crippen molar-refractivity contribution in [2.75, 3.05) is 33.0 Å².